The minimum absolute atomic E-state index is 0.0114. The van der Waals surface area contributed by atoms with Crippen molar-refractivity contribution < 1.29 is 9.53 Å². The number of anilines is 1. The molecule has 0 unspecified atom stereocenters. The molecular weight excluding hydrogens is 372 g/mol. The summed E-state index contributed by atoms with van der Waals surface area (Å²) in [5.41, 5.74) is 2.18. The van der Waals surface area contributed by atoms with Crippen LogP contribution in [0, 0.1) is 11.3 Å². The van der Waals surface area contributed by atoms with Crippen molar-refractivity contribution in [2.45, 2.75) is 6.61 Å². The third-order valence-corrected chi connectivity index (χ3v) is 4.13. The van der Waals surface area contributed by atoms with Crippen LogP contribution in [-0.4, -0.2) is 5.91 Å². The maximum atomic E-state index is 12.4. The average molecular weight is 389 g/mol. The number of amides is 1. The molecule has 1 amide bonds. The van der Waals surface area contributed by atoms with Crippen molar-refractivity contribution in [2.75, 3.05) is 5.32 Å². The summed E-state index contributed by atoms with van der Waals surface area (Å²) in [7, 11) is 0. The Labute approximate surface area is 168 Å². The van der Waals surface area contributed by atoms with Crippen molar-refractivity contribution in [1.82, 2.24) is 0 Å². The third kappa shape index (κ3) is 5.23. The zero-order valence-corrected chi connectivity index (χ0v) is 15.7. The number of nitrogens with zero attached hydrogens (tertiary/aromatic N) is 1. The van der Waals surface area contributed by atoms with Gasteiger partial charge in [-0.05, 0) is 42.0 Å². The van der Waals surface area contributed by atoms with E-state index in [1.165, 1.54) is 6.08 Å². The van der Waals surface area contributed by atoms with E-state index in [9.17, 15) is 10.1 Å². The largest absolute Gasteiger partial charge is 0.488 e. The molecule has 3 aromatic carbocycles. The van der Waals surface area contributed by atoms with Crippen LogP contribution in [0.3, 0.4) is 0 Å². The molecule has 4 nitrogen and oxygen atoms in total. The van der Waals surface area contributed by atoms with Crippen LogP contribution in [0.5, 0.6) is 5.75 Å². The molecule has 0 saturated heterocycles. The Hall–Kier alpha value is -3.55. The van der Waals surface area contributed by atoms with E-state index >= 15 is 0 Å². The zero-order chi connectivity index (χ0) is 19.8. The van der Waals surface area contributed by atoms with E-state index in [0.29, 0.717) is 28.6 Å². The number of carbonyl (C=O) groups is 1. The second-order valence-electron chi connectivity index (χ2n) is 5.95. The van der Waals surface area contributed by atoms with E-state index in [-0.39, 0.29) is 5.57 Å². The SMILES string of the molecule is N#C/C(=C\c1ccccc1OCc1cccc(Cl)c1)C(=O)Nc1ccccc1. The van der Waals surface area contributed by atoms with E-state index in [0.717, 1.165) is 5.56 Å². The van der Waals surface area contributed by atoms with Crippen molar-refractivity contribution in [3.8, 4) is 11.8 Å². The van der Waals surface area contributed by atoms with E-state index in [4.69, 9.17) is 16.3 Å². The van der Waals surface area contributed by atoms with Crippen molar-refractivity contribution in [1.29, 1.82) is 5.26 Å². The van der Waals surface area contributed by atoms with Crippen LogP contribution in [0.1, 0.15) is 11.1 Å². The highest BCUT2D eigenvalue weighted by molar-refractivity contribution is 6.30. The minimum atomic E-state index is -0.474. The second kappa shape index (κ2) is 9.40. The van der Waals surface area contributed by atoms with Crippen LogP contribution in [0.15, 0.2) is 84.4 Å². The molecule has 0 spiro atoms. The summed E-state index contributed by atoms with van der Waals surface area (Å²) < 4.78 is 5.88. The Balaban J connectivity index is 1.78. The van der Waals surface area contributed by atoms with Crippen molar-refractivity contribution in [3.63, 3.8) is 0 Å². The molecule has 3 aromatic rings. The van der Waals surface area contributed by atoms with Crippen LogP contribution in [0.25, 0.3) is 6.08 Å². The van der Waals surface area contributed by atoms with Gasteiger partial charge in [0, 0.05) is 16.3 Å². The Bertz CT molecular complexity index is 1040. The lowest BCUT2D eigenvalue weighted by Gasteiger charge is -2.10. The standard InChI is InChI=1S/C23H17ClN2O2/c24-20-9-6-7-17(13-20)16-28-22-12-5-4-8-18(22)14-19(15-25)23(27)26-21-10-2-1-3-11-21/h1-14H,16H2,(H,26,27)/b19-14+. The Morgan fingerprint density at radius 1 is 1.04 bits per heavy atom. The summed E-state index contributed by atoms with van der Waals surface area (Å²) in [5.74, 6) is 0.0982. The molecule has 28 heavy (non-hydrogen) atoms. The number of halogens is 1. The molecule has 0 saturated carbocycles. The fraction of sp³-hybridized carbons (Fsp3) is 0.0435. The first-order chi connectivity index (χ1) is 13.7. The predicted molar refractivity (Wildman–Crippen MR) is 111 cm³/mol. The van der Waals surface area contributed by atoms with Crippen molar-refractivity contribution in [2.24, 2.45) is 0 Å². The van der Waals surface area contributed by atoms with E-state index in [1.54, 1.807) is 30.3 Å². The van der Waals surface area contributed by atoms with Gasteiger partial charge in [0.05, 0.1) is 0 Å². The first-order valence-electron chi connectivity index (χ1n) is 8.60. The van der Waals surface area contributed by atoms with Crippen LogP contribution in [0.4, 0.5) is 5.69 Å². The first-order valence-corrected chi connectivity index (χ1v) is 8.98. The van der Waals surface area contributed by atoms with Crippen LogP contribution >= 0.6 is 11.6 Å². The van der Waals surface area contributed by atoms with Gasteiger partial charge in [0.2, 0.25) is 0 Å². The highest BCUT2D eigenvalue weighted by atomic mass is 35.5. The van der Waals surface area contributed by atoms with Gasteiger partial charge in [0.25, 0.3) is 5.91 Å². The lowest BCUT2D eigenvalue weighted by Crippen LogP contribution is -2.13. The smallest absolute Gasteiger partial charge is 0.266 e. The number of hydrogen-bond acceptors (Lipinski definition) is 3. The maximum Gasteiger partial charge on any atom is 0.266 e. The Kier molecular flexibility index (Phi) is 6.46. The van der Waals surface area contributed by atoms with E-state index in [2.05, 4.69) is 5.32 Å². The fourth-order valence-electron chi connectivity index (χ4n) is 2.54. The van der Waals surface area contributed by atoms with Gasteiger partial charge >= 0.3 is 0 Å². The monoisotopic (exact) mass is 388 g/mol. The van der Waals surface area contributed by atoms with Gasteiger partial charge in [-0.3, -0.25) is 4.79 Å². The van der Waals surface area contributed by atoms with Gasteiger partial charge in [-0.15, -0.1) is 0 Å². The zero-order valence-electron chi connectivity index (χ0n) is 14.9. The lowest BCUT2D eigenvalue weighted by atomic mass is 10.1. The molecule has 0 heterocycles. The molecule has 0 fully saturated rings. The van der Waals surface area contributed by atoms with Gasteiger partial charge in [-0.25, -0.2) is 0 Å². The molecule has 0 aromatic heterocycles. The number of hydrogen-bond donors (Lipinski definition) is 1. The van der Waals surface area contributed by atoms with Crippen LogP contribution in [0.2, 0.25) is 5.02 Å². The highest BCUT2D eigenvalue weighted by Crippen LogP contribution is 2.23. The molecular formula is C23H17ClN2O2. The van der Waals surface area contributed by atoms with Crippen molar-refractivity contribution in [3.05, 3.63) is 101 Å². The fourth-order valence-corrected chi connectivity index (χ4v) is 2.76. The predicted octanol–water partition coefficient (Wildman–Crippen LogP) is 5.46. The Morgan fingerprint density at radius 3 is 2.54 bits per heavy atom. The number of benzene rings is 3. The van der Waals surface area contributed by atoms with E-state index < -0.39 is 5.91 Å². The Morgan fingerprint density at radius 2 is 1.79 bits per heavy atom. The van der Waals surface area contributed by atoms with Crippen molar-refractivity contribution >= 4 is 29.3 Å². The summed E-state index contributed by atoms with van der Waals surface area (Å²) in [6.07, 6.45) is 1.52. The number of carbonyl (C=O) groups excluding carboxylic acids is 1. The molecule has 0 radical (unpaired) electrons. The number of nitrogens with one attached hydrogen (secondary N) is 1. The highest BCUT2D eigenvalue weighted by Gasteiger charge is 2.11. The molecule has 0 atom stereocenters. The third-order valence-electron chi connectivity index (χ3n) is 3.90. The minimum Gasteiger partial charge on any atom is -0.488 e. The number of ether oxygens (including phenoxy) is 1. The molecule has 0 aliphatic rings. The van der Waals surface area contributed by atoms with Gasteiger partial charge in [0.1, 0.15) is 24.0 Å². The molecule has 1 N–H and O–H groups in total. The molecule has 0 aliphatic heterocycles. The van der Waals surface area contributed by atoms with Crippen LogP contribution in [-0.2, 0) is 11.4 Å². The lowest BCUT2D eigenvalue weighted by molar-refractivity contribution is -0.112. The molecule has 3 rings (SSSR count). The summed E-state index contributed by atoms with van der Waals surface area (Å²) in [5, 5.41) is 12.8. The number of para-hydroxylation sites is 2. The van der Waals surface area contributed by atoms with E-state index in [1.807, 2.05) is 54.6 Å². The summed E-state index contributed by atoms with van der Waals surface area (Å²) in [6.45, 7) is 0.323. The molecule has 138 valence electrons. The summed E-state index contributed by atoms with van der Waals surface area (Å²) >= 11 is 6.00. The molecule has 0 aliphatic carbocycles. The van der Waals surface area contributed by atoms with Gasteiger partial charge < -0.3 is 10.1 Å². The quantitative estimate of drug-likeness (QED) is 0.450. The normalized spacial score (nSPS) is 10.8. The number of nitriles is 1. The molecule has 5 heteroatoms. The maximum absolute atomic E-state index is 12.4. The van der Waals surface area contributed by atoms with Gasteiger partial charge in [-0.2, -0.15) is 5.26 Å². The van der Waals surface area contributed by atoms with Gasteiger partial charge in [-0.1, -0.05) is 60.1 Å². The molecule has 0 bridgehead atoms. The number of rotatable bonds is 6. The summed E-state index contributed by atoms with van der Waals surface area (Å²) in [4.78, 5) is 12.4. The summed E-state index contributed by atoms with van der Waals surface area (Å²) in [6, 6.07) is 25.6. The van der Waals surface area contributed by atoms with Gasteiger partial charge in [0.15, 0.2) is 0 Å². The van der Waals surface area contributed by atoms with Crippen LogP contribution < -0.4 is 10.1 Å². The average Bonchev–Trinajstić information content (AvgIpc) is 2.72. The topological polar surface area (TPSA) is 62.1 Å². The second-order valence-corrected chi connectivity index (χ2v) is 6.38. The first kappa shape index (κ1) is 19.2.